The van der Waals surface area contributed by atoms with Crippen molar-refractivity contribution in [3.63, 3.8) is 0 Å². The smallest absolute Gasteiger partial charge is 0.0789 e. The van der Waals surface area contributed by atoms with Gasteiger partial charge in [0, 0.05) is 18.0 Å². The molecule has 3 heteroatoms. The largest absolute Gasteiger partial charge is 0.393 e. The second kappa shape index (κ2) is 5.50. The Bertz CT molecular complexity index is 379. The quantitative estimate of drug-likeness (QED) is 0.848. The molecule has 0 radical (unpaired) electrons. The second-order valence-electron chi connectivity index (χ2n) is 8.65. The van der Waals surface area contributed by atoms with Crippen LogP contribution >= 0.6 is 0 Å². The highest BCUT2D eigenvalue weighted by molar-refractivity contribution is 5.04. The highest BCUT2D eigenvalue weighted by Crippen LogP contribution is 2.45. The van der Waals surface area contributed by atoms with Crippen molar-refractivity contribution in [1.29, 1.82) is 0 Å². The molecule has 122 valence electrons. The summed E-state index contributed by atoms with van der Waals surface area (Å²) in [6.45, 7) is 10.1. The molecule has 4 atom stereocenters. The van der Waals surface area contributed by atoms with Crippen LogP contribution in [0, 0.1) is 5.92 Å². The Balaban J connectivity index is 1.77. The van der Waals surface area contributed by atoms with Crippen LogP contribution in [0.3, 0.4) is 0 Å². The Morgan fingerprint density at radius 3 is 2.33 bits per heavy atom. The number of hydrogen-bond acceptors (Lipinski definition) is 3. The Kier molecular flexibility index (Phi) is 4.13. The molecular formula is C18H33NO2. The molecule has 4 unspecified atom stereocenters. The summed E-state index contributed by atoms with van der Waals surface area (Å²) in [4.78, 5) is 2.70. The first-order valence-corrected chi connectivity index (χ1v) is 8.94. The van der Waals surface area contributed by atoms with Gasteiger partial charge in [-0.15, -0.1) is 0 Å². The topological polar surface area (TPSA) is 32.7 Å². The van der Waals surface area contributed by atoms with Crippen LogP contribution in [0.2, 0.25) is 0 Å². The maximum Gasteiger partial charge on any atom is 0.0789 e. The zero-order valence-corrected chi connectivity index (χ0v) is 14.3. The van der Waals surface area contributed by atoms with Crippen LogP contribution in [0.1, 0.15) is 72.6 Å². The third-order valence-electron chi connectivity index (χ3n) is 6.05. The van der Waals surface area contributed by atoms with Crippen molar-refractivity contribution in [2.45, 2.75) is 102 Å². The summed E-state index contributed by atoms with van der Waals surface area (Å²) in [5, 5.41) is 10.5. The summed E-state index contributed by atoms with van der Waals surface area (Å²) < 4.78 is 6.32. The summed E-state index contributed by atoms with van der Waals surface area (Å²) in [7, 11) is 0. The Labute approximate surface area is 130 Å². The molecule has 2 aliphatic heterocycles. The van der Waals surface area contributed by atoms with E-state index in [-0.39, 0.29) is 17.3 Å². The van der Waals surface area contributed by atoms with Crippen molar-refractivity contribution in [1.82, 2.24) is 4.90 Å². The zero-order chi connectivity index (χ0) is 15.3. The van der Waals surface area contributed by atoms with E-state index in [1.807, 2.05) is 0 Å². The fourth-order valence-corrected chi connectivity index (χ4v) is 5.30. The minimum absolute atomic E-state index is 0.0213. The summed E-state index contributed by atoms with van der Waals surface area (Å²) >= 11 is 0. The lowest BCUT2D eigenvalue weighted by molar-refractivity contribution is -0.0869. The van der Waals surface area contributed by atoms with Crippen molar-refractivity contribution in [2.24, 2.45) is 5.92 Å². The van der Waals surface area contributed by atoms with Gasteiger partial charge in [0.25, 0.3) is 0 Å². The molecule has 3 rings (SSSR count). The molecule has 1 aliphatic carbocycles. The molecule has 0 amide bonds. The summed E-state index contributed by atoms with van der Waals surface area (Å²) in [5.41, 5.74) is -0.0990. The molecule has 2 saturated heterocycles. The Morgan fingerprint density at radius 2 is 1.71 bits per heavy atom. The van der Waals surface area contributed by atoms with Gasteiger partial charge in [0.1, 0.15) is 0 Å². The van der Waals surface area contributed by atoms with Gasteiger partial charge in [0.15, 0.2) is 0 Å². The molecular weight excluding hydrogens is 262 g/mol. The Morgan fingerprint density at radius 1 is 1.00 bits per heavy atom. The standard InChI is InChI=1S/C18H33NO2/c1-17(2)12-16(18(3,4)21-17)19-11-7-9-14(19)13-8-5-6-10-15(13)20/h13-16,20H,5-12H2,1-4H3. The fraction of sp³-hybridized carbons (Fsp3) is 1.00. The summed E-state index contributed by atoms with van der Waals surface area (Å²) in [6, 6.07) is 1.07. The van der Waals surface area contributed by atoms with Gasteiger partial charge in [0.2, 0.25) is 0 Å². The van der Waals surface area contributed by atoms with Gasteiger partial charge < -0.3 is 9.84 Å². The normalized spacial score (nSPS) is 43.3. The molecule has 3 nitrogen and oxygen atoms in total. The van der Waals surface area contributed by atoms with E-state index >= 15 is 0 Å². The first kappa shape index (κ1) is 15.8. The number of ether oxygens (including phenoxy) is 1. The van der Waals surface area contributed by atoms with Crippen molar-refractivity contribution in [2.75, 3.05) is 6.54 Å². The van der Waals surface area contributed by atoms with Crippen LogP contribution in [0.15, 0.2) is 0 Å². The maximum atomic E-state index is 10.5. The van der Waals surface area contributed by atoms with Crippen LogP contribution < -0.4 is 0 Å². The molecule has 3 fully saturated rings. The molecule has 0 spiro atoms. The second-order valence-corrected chi connectivity index (χ2v) is 8.65. The number of likely N-dealkylation sites (tertiary alicyclic amines) is 1. The van der Waals surface area contributed by atoms with E-state index < -0.39 is 0 Å². The number of aliphatic hydroxyl groups is 1. The first-order valence-electron chi connectivity index (χ1n) is 8.94. The molecule has 0 aromatic heterocycles. The fourth-order valence-electron chi connectivity index (χ4n) is 5.30. The molecule has 0 bridgehead atoms. The SMILES string of the molecule is CC1(C)CC(N2CCCC2C2CCCCC2O)C(C)(C)O1. The maximum absolute atomic E-state index is 10.5. The van der Waals surface area contributed by atoms with E-state index in [9.17, 15) is 5.11 Å². The van der Waals surface area contributed by atoms with E-state index in [1.165, 1.54) is 38.6 Å². The van der Waals surface area contributed by atoms with Crippen LogP contribution in [0.5, 0.6) is 0 Å². The van der Waals surface area contributed by atoms with Gasteiger partial charge in [-0.05, 0) is 66.3 Å². The predicted molar refractivity (Wildman–Crippen MR) is 85.3 cm³/mol. The lowest BCUT2D eigenvalue weighted by Gasteiger charge is -2.42. The third kappa shape index (κ3) is 3.02. The average molecular weight is 295 g/mol. The van der Waals surface area contributed by atoms with Crippen molar-refractivity contribution in [3.05, 3.63) is 0 Å². The van der Waals surface area contributed by atoms with Gasteiger partial charge in [-0.1, -0.05) is 12.8 Å². The summed E-state index contributed by atoms with van der Waals surface area (Å²) in [5.74, 6) is 0.487. The molecule has 1 saturated carbocycles. The minimum Gasteiger partial charge on any atom is -0.393 e. The zero-order valence-electron chi connectivity index (χ0n) is 14.3. The van der Waals surface area contributed by atoms with E-state index in [1.54, 1.807) is 0 Å². The predicted octanol–water partition coefficient (Wildman–Crippen LogP) is 3.35. The van der Waals surface area contributed by atoms with Crippen LogP contribution in [0.4, 0.5) is 0 Å². The van der Waals surface area contributed by atoms with E-state index in [4.69, 9.17) is 4.74 Å². The Hall–Kier alpha value is -0.120. The molecule has 21 heavy (non-hydrogen) atoms. The lowest BCUT2D eigenvalue weighted by Crippen LogP contribution is -2.52. The molecule has 3 aliphatic rings. The monoisotopic (exact) mass is 295 g/mol. The van der Waals surface area contributed by atoms with E-state index in [0.29, 0.717) is 18.0 Å². The van der Waals surface area contributed by atoms with E-state index in [0.717, 1.165) is 12.8 Å². The van der Waals surface area contributed by atoms with Crippen molar-refractivity contribution >= 4 is 0 Å². The van der Waals surface area contributed by atoms with Crippen LogP contribution in [-0.2, 0) is 4.74 Å². The van der Waals surface area contributed by atoms with Gasteiger partial charge in [-0.2, -0.15) is 0 Å². The van der Waals surface area contributed by atoms with Gasteiger partial charge in [-0.25, -0.2) is 0 Å². The molecule has 2 heterocycles. The summed E-state index contributed by atoms with van der Waals surface area (Å²) in [6.07, 6.45) is 8.28. The van der Waals surface area contributed by atoms with Crippen LogP contribution in [0.25, 0.3) is 0 Å². The lowest BCUT2D eigenvalue weighted by atomic mass is 9.79. The molecule has 1 N–H and O–H groups in total. The van der Waals surface area contributed by atoms with Crippen LogP contribution in [-0.4, -0.2) is 45.9 Å². The number of hydrogen-bond donors (Lipinski definition) is 1. The van der Waals surface area contributed by atoms with E-state index in [2.05, 4.69) is 32.6 Å². The van der Waals surface area contributed by atoms with Gasteiger partial charge >= 0.3 is 0 Å². The highest BCUT2D eigenvalue weighted by Gasteiger charge is 2.52. The average Bonchev–Trinajstić information content (AvgIpc) is 2.91. The number of nitrogens with zero attached hydrogens (tertiary/aromatic N) is 1. The third-order valence-corrected chi connectivity index (χ3v) is 6.05. The van der Waals surface area contributed by atoms with Gasteiger partial charge in [0.05, 0.1) is 17.3 Å². The highest BCUT2D eigenvalue weighted by atomic mass is 16.5. The number of rotatable bonds is 2. The molecule has 0 aromatic carbocycles. The number of aliphatic hydroxyl groups excluding tert-OH is 1. The first-order chi connectivity index (χ1) is 9.80. The minimum atomic E-state index is -0.0807. The molecule has 0 aromatic rings. The van der Waals surface area contributed by atoms with Crippen molar-refractivity contribution < 1.29 is 9.84 Å². The van der Waals surface area contributed by atoms with Gasteiger partial charge in [-0.3, -0.25) is 4.90 Å². The van der Waals surface area contributed by atoms with Crippen molar-refractivity contribution in [3.8, 4) is 0 Å².